The van der Waals surface area contributed by atoms with E-state index in [0.29, 0.717) is 50.4 Å². The maximum absolute atomic E-state index is 13.6. The molecule has 2 heterocycles. The Morgan fingerprint density at radius 1 is 0.468 bits per heavy atom. The van der Waals surface area contributed by atoms with Gasteiger partial charge in [0.2, 0.25) is 23.6 Å². The number of rotatable bonds is 45. The predicted octanol–water partition coefficient (Wildman–Crippen LogP) is 5.05. The number of halogens is 6. The van der Waals surface area contributed by atoms with Gasteiger partial charge >= 0.3 is 36.7 Å². The number of carbonyl (C=O) groups is 8. The average Bonchev–Trinajstić information content (AvgIpc) is 0.874. The van der Waals surface area contributed by atoms with Crippen molar-refractivity contribution in [1.82, 2.24) is 52.5 Å². The lowest BCUT2D eigenvalue weighted by atomic mass is 10.0. The molecule has 4 rings (SSSR count). The van der Waals surface area contributed by atoms with Crippen molar-refractivity contribution in [2.24, 2.45) is 0 Å². The van der Waals surface area contributed by atoms with Crippen LogP contribution in [-0.2, 0) is 47.7 Å². The summed E-state index contributed by atoms with van der Waals surface area (Å²) < 4.78 is 108. The van der Waals surface area contributed by atoms with E-state index in [1.54, 1.807) is 12.4 Å². The monoisotopic (exact) mass is 1340 g/mol. The number of carbonyl (C=O) groups excluding carboxylic acids is 6. The molecule has 2 aromatic carbocycles. The van der Waals surface area contributed by atoms with Gasteiger partial charge in [0.15, 0.2) is 0 Å². The Morgan fingerprint density at radius 2 is 0.851 bits per heavy atom. The smallest absolute Gasteiger partial charge is 0.481 e. The number of anilines is 2. The zero-order valence-corrected chi connectivity index (χ0v) is 51.7. The van der Waals surface area contributed by atoms with E-state index in [2.05, 4.69) is 72.6 Å². The number of aryl methyl sites for hydroxylation is 2. The minimum absolute atomic E-state index is 0.00977. The van der Waals surface area contributed by atoms with Crippen LogP contribution in [0.2, 0.25) is 0 Å². The number of hydrogen-bond acceptors (Lipinski definition) is 18. The molecule has 0 radical (unpaired) electrons. The fraction of sp³-hybridized carbons (Fsp3) is 0.500. The highest BCUT2D eigenvalue weighted by Gasteiger charge is 2.34. The average molecular weight is 1340 g/mol. The second-order valence-corrected chi connectivity index (χ2v) is 20.7. The van der Waals surface area contributed by atoms with E-state index in [1.165, 1.54) is 24.3 Å². The molecular formula is C60H80F6N12O16. The Balaban J connectivity index is 1.10. The zero-order valence-electron chi connectivity index (χ0n) is 51.7. The van der Waals surface area contributed by atoms with Gasteiger partial charge in [0.1, 0.15) is 35.2 Å². The third-order valence-corrected chi connectivity index (χ3v) is 12.8. The first-order valence-corrected chi connectivity index (χ1v) is 29.8. The topological polar surface area (TPSA) is 378 Å². The van der Waals surface area contributed by atoms with E-state index < -0.39 is 122 Å². The largest absolute Gasteiger partial charge is 0.573 e. The fourth-order valence-electron chi connectivity index (χ4n) is 8.44. The molecule has 0 spiro atoms. The van der Waals surface area contributed by atoms with Gasteiger partial charge < -0.3 is 91.8 Å². The Hall–Kier alpha value is -9.28. The van der Waals surface area contributed by atoms with E-state index in [9.17, 15) is 74.9 Å². The number of alkyl halides is 6. The number of ether oxygens (including phenoxy) is 6. The Kier molecular flexibility index (Phi) is 34.5. The lowest BCUT2D eigenvalue weighted by Crippen LogP contribution is -2.50. The van der Waals surface area contributed by atoms with Crippen LogP contribution in [0.1, 0.15) is 85.7 Å². The van der Waals surface area contributed by atoms with Crippen molar-refractivity contribution in [3.8, 4) is 11.5 Å². The molecule has 28 nitrogen and oxygen atoms in total. The first-order chi connectivity index (χ1) is 44.8. The predicted molar refractivity (Wildman–Crippen MR) is 325 cm³/mol. The third-order valence-electron chi connectivity index (χ3n) is 12.8. The summed E-state index contributed by atoms with van der Waals surface area (Å²) in [6, 6.07) is 9.82. The third kappa shape index (κ3) is 35.0. The van der Waals surface area contributed by atoms with Gasteiger partial charge in [-0.2, -0.15) is 0 Å². The Labute approximate surface area is 537 Å². The van der Waals surface area contributed by atoms with Gasteiger partial charge in [0.05, 0.1) is 77.8 Å². The number of urea groups is 2. The van der Waals surface area contributed by atoms with Crippen molar-refractivity contribution < 1.29 is 103 Å². The summed E-state index contributed by atoms with van der Waals surface area (Å²) in [5, 5.41) is 46.0. The molecule has 0 aliphatic carbocycles. The second kappa shape index (κ2) is 42.0. The van der Waals surface area contributed by atoms with Crippen LogP contribution in [0.15, 0.2) is 85.2 Å². The Morgan fingerprint density at radius 3 is 1.22 bits per heavy atom. The number of aromatic nitrogens is 2. The molecule has 0 aliphatic heterocycles. The summed E-state index contributed by atoms with van der Waals surface area (Å²) >= 11 is 0. The maximum Gasteiger partial charge on any atom is 0.573 e. The molecule has 0 saturated heterocycles. The van der Waals surface area contributed by atoms with Crippen molar-refractivity contribution >= 4 is 59.3 Å². The number of nitrogens with one attached hydrogen (secondary N) is 10. The SMILES string of the molecule is Cc1ccnc(NCCCC(=O)N[C@@H](COCCOCCNC(=O)NCCCCNC(=O)NCCOCCOC[C@H](NC(=O)CCCNc2cc(C)ccn2)C(=O)NC(CC(=O)O)c2cccc(OC(F)(F)F)c2)C(=O)NC(CC(=O)O)c2cccc(OC(F)(F)F)c2)c1. The van der Waals surface area contributed by atoms with Gasteiger partial charge in [-0.25, -0.2) is 19.6 Å². The van der Waals surface area contributed by atoms with E-state index >= 15 is 0 Å². The van der Waals surface area contributed by atoms with E-state index in [4.69, 9.17) is 18.9 Å². The molecule has 0 saturated carbocycles. The summed E-state index contributed by atoms with van der Waals surface area (Å²) in [5.74, 6) is -5.69. The van der Waals surface area contributed by atoms with Crippen molar-refractivity contribution in [1.29, 1.82) is 0 Å². The van der Waals surface area contributed by atoms with E-state index in [-0.39, 0.29) is 89.8 Å². The highest BCUT2D eigenvalue weighted by Crippen LogP contribution is 2.29. The Bertz CT molecular complexity index is 2830. The summed E-state index contributed by atoms with van der Waals surface area (Å²) in [5.41, 5.74) is 1.92. The van der Waals surface area contributed by atoms with Crippen molar-refractivity contribution in [2.45, 2.75) is 102 Å². The van der Waals surface area contributed by atoms with Gasteiger partial charge in [-0.3, -0.25) is 28.8 Å². The molecule has 34 heteroatoms. The number of hydrogen-bond donors (Lipinski definition) is 12. The molecule has 12 N–H and O–H groups in total. The van der Waals surface area contributed by atoms with Gasteiger partial charge in [-0.15, -0.1) is 26.3 Å². The normalized spacial score (nSPS) is 12.6. The molecule has 8 amide bonds. The van der Waals surface area contributed by atoms with Gasteiger partial charge in [0.25, 0.3) is 0 Å². The van der Waals surface area contributed by atoms with Crippen LogP contribution in [-0.4, -0.2) is 185 Å². The maximum atomic E-state index is 13.6. The fourth-order valence-corrected chi connectivity index (χ4v) is 8.44. The van der Waals surface area contributed by atoms with Crippen LogP contribution in [0.3, 0.4) is 0 Å². The molecule has 94 heavy (non-hydrogen) atoms. The van der Waals surface area contributed by atoms with E-state index in [1.807, 2.05) is 38.1 Å². The molecular weight excluding hydrogens is 1260 g/mol. The number of unbranched alkanes of at least 4 members (excludes halogenated alkanes) is 1. The van der Waals surface area contributed by atoms with Crippen molar-refractivity contribution in [3.05, 3.63) is 107 Å². The van der Waals surface area contributed by atoms with Gasteiger partial charge in [-0.05, 0) is 110 Å². The first kappa shape index (κ1) is 77.2. The summed E-state index contributed by atoms with van der Waals surface area (Å²) in [4.78, 5) is 110. The van der Waals surface area contributed by atoms with Crippen molar-refractivity contribution in [3.63, 3.8) is 0 Å². The van der Waals surface area contributed by atoms with Crippen LogP contribution >= 0.6 is 0 Å². The molecule has 518 valence electrons. The molecule has 4 atom stereocenters. The molecule has 2 unspecified atom stereocenters. The quantitative estimate of drug-likeness (QED) is 0.0203. The second-order valence-electron chi connectivity index (χ2n) is 20.7. The number of carboxylic acid groups (broad SMARTS) is 2. The molecule has 0 fully saturated rings. The highest BCUT2D eigenvalue weighted by atomic mass is 19.4. The standard InChI is InChI=1S/C60H80F6N12O16/c1-39-15-21-69-49(31-39)67-19-7-13-51(79)75-47(55(85)77-45(35-53(81)82)41-9-5-11-43(33-41)93-59(61,62)63)37-91-29-27-89-25-23-73-57(87)71-17-3-4-18-72-58(88)74-24-26-90-28-30-92-38-48(76-52(80)14-8-20-68-50-32-40(2)16-22-70-50)56(86)78-46(36-54(83)84)42-10-6-12-44(34-42)94-60(64,65)66/h5-6,9-12,15-16,21-22,31-34,45-48H,3-4,7-8,13-14,17-20,23-30,35-38H2,1-2H3,(H,67,69)(H,68,70)(H,75,79)(H,76,80)(H,77,85)(H,78,86)(H,81,82)(H,83,84)(H2,71,73,87)(H2,72,74,88)/t45?,46?,47-,48-/m0/s1. The van der Waals surface area contributed by atoms with Crippen LogP contribution in [0.5, 0.6) is 11.5 Å². The van der Waals surface area contributed by atoms with Crippen LogP contribution < -0.4 is 62.6 Å². The molecule has 0 bridgehead atoms. The highest BCUT2D eigenvalue weighted by molar-refractivity contribution is 5.89. The summed E-state index contributed by atoms with van der Waals surface area (Å²) in [6.45, 7) is 4.36. The summed E-state index contributed by atoms with van der Waals surface area (Å²) in [7, 11) is 0. The van der Waals surface area contributed by atoms with Gasteiger partial charge in [0, 0.05) is 64.5 Å². The zero-order chi connectivity index (χ0) is 68.7. The lowest BCUT2D eigenvalue weighted by Gasteiger charge is -2.23. The van der Waals surface area contributed by atoms with Crippen LogP contribution in [0.4, 0.5) is 47.6 Å². The number of amides is 8. The minimum atomic E-state index is -5.04. The lowest BCUT2D eigenvalue weighted by molar-refractivity contribution is -0.275. The number of carboxylic acids is 2. The number of nitrogens with zero attached hydrogens (tertiary/aromatic N) is 2. The molecule has 0 aliphatic rings. The number of aliphatic carboxylic acids is 2. The molecule has 4 aromatic rings. The summed E-state index contributed by atoms with van der Waals surface area (Å²) in [6.07, 6.45) is -6.67. The minimum Gasteiger partial charge on any atom is -0.481 e. The van der Waals surface area contributed by atoms with Crippen LogP contribution in [0.25, 0.3) is 0 Å². The van der Waals surface area contributed by atoms with Crippen LogP contribution in [0, 0.1) is 13.8 Å². The number of pyridine rings is 2. The van der Waals surface area contributed by atoms with E-state index in [0.717, 1.165) is 35.4 Å². The first-order valence-electron chi connectivity index (χ1n) is 29.8. The number of benzene rings is 2. The van der Waals surface area contributed by atoms with Gasteiger partial charge in [-0.1, -0.05) is 24.3 Å². The molecule has 2 aromatic heterocycles. The van der Waals surface area contributed by atoms with Crippen molar-refractivity contribution in [2.75, 3.05) is 103 Å².